The van der Waals surface area contributed by atoms with Gasteiger partial charge in [-0.25, -0.2) is 15.8 Å². The van der Waals surface area contributed by atoms with E-state index in [0.29, 0.717) is 5.82 Å². The number of nitrogens with zero attached hydrogens (tertiary/aromatic N) is 2. The molecule has 0 bridgehead atoms. The fraction of sp³-hybridized carbons (Fsp3) is 0.333. The van der Waals surface area contributed by atoms with Gasteiger partial charge >= 0.3 is 0 Å². The second-order valence-electron chi connectivity index (χ2n) is 3.84. The molecule has 2 aromatic rings. The Bertz CT molecular complexity index is 527. The first-order valence-electron chi connectivity index (χ1n) is 5.78. The molecule has 0 saturated heterocycles. The van der Waals surface area contributed by atoms with E-state index in [1.807, 2.05) is 13.0 Å². The van der Waals surface area contributed by atoms with Crippen molar-refractivity contribution in [1.29, 1.82) is 0 Å². The molecule has 0 unspecified atom stereocenters. The van der Waals surface area contributed by atoms with Crippen LogP contribution in [0.1, 0.15) is 24.7 Å². The molecular formula is C12H16N4OS. The third-order valence-electron chi connectivity index (χ3n) is 2.56. The van der Waals surface area contributed by atoms with E-state index in [-0.39, 0.29) is 0 Å². The van der Waals surface area contributed by atoms with Crippen molar-refractivity contribution in [3.63, 3.8) is 0 Å². The van der Waals surface area contributed by atoms with Crippen molar-refractivity contribution in [2.75, 3.05) is 5.43 Å². The summed E-state index contributed by atoms with van der Waals surface area (Å²) in [7, 11) is 0. The topological polar surface area (TPSA) is 77.0 Å². The minimum absolute atomic E-state index is 0.690. The summed E-state index contributed by atoms with van der Waals surface area (Å²) in [5, 5.41) is 0.921. The number of hydrogen-bond acceptors (Lipinski definition) is 6. The van der Waals surface area contributed by atoms with Crippen LogP contribution in [-0.2, 0) is 6.42 Å². The van der Waals surface area contributed by atoms with E-state index in [1.165, 1.54) is 6.33 Å². The van der Waals surface area contributed by atoms with Crippen LogP contribution in [0.25, 0.3) is 0 Å². The molecule has 0 saturated carbocycles. The fourth-order valence-electron chi connectivity index (χ4n) is 1.67. The SMILES string of the molecule is CCCc1c(NN)ncnc1Sc1ccoc1C. The molecule has 18 heavy (non-hydrogen) atoms. The molecule has 0 aliphatic carbocycles. The Balaban J connectivity index is 2.34. The Labute approximate surface area is 110 Å². The second-order valence-corrected chi connectivity index (χ2v) is 4.87. The van der Waals surface area contributed by atoms with E-state index in [2.05, 4.69) is 22.3 Å². The van der Waals surface area contributed by atoms with Crippen molar-refractivity contribution < 1.29 is 4.42 Å². The predicted octanol–water partition coefficient (Wildman–Crippen LogP) is 2.77. The summed E-state index contributed by atoms with van der Waals surface area (Å²) in [4.78, 5) is 9.54. The summed E-state index contributed by atoms with van der Waals surface area (Å²) in [6.07, 6.45) is 5.10. The minimum Gasteiger partial charge on any atom is -0.468 e. The van der Waals surface area contributed by atoms with Crippen molar-refractivity contribution in [2.45, 2.75) is 36.6 Å². The first-order valence-corrected chi connectivity index (χ1v) is 6.60. The molecule has 2 aromatic heterocycles. The zero-order valence-corrected chi connectivity index (χ0v) is 11.3. The molecule has 0 aliphatic heterocycles. The number of rotatable bonds is 5. The Morgan fingerprint density at radius 3 is 2.89 bits per heavy atom. The normalized spacial score (nSPS) is 10.6. The Morgan fingerprint density at radius 2 is 2.28 bits per heavy atom. The van der Waals surface area contributed by atoms with Crippen molar-refractivity contribution in [3.8, 4) is 0 Å². The van der Waals surface area contributed by atoms with Crippen LogP contribution in [0.4, 0.5) is 5.82 Å². The number of anilines is 1. The molecule has 6 heteroatoms. The lowest BCUT2D eigenvalue weighted by Crippen LogP contribution is -2.12. The second kappa shape index (κ2) is 5.88. The van der Waals surface area contributed by atoms with E-state index >= 15 is 0 Å². The molecule has 2 rings (SSSR count). The van der Waals surface area contributed by atoms with Crippen LogP contribution in [0.15, 0.2) is 33.0 Å². The number of nitrogen functional groups attached to an aromatic ring is 1. The minimum atomic E-state index is 0.690. The standard InChI is InChI=1S/C12H16N4OS/c1-3-4-9-11(16-13)14-7-15-12(9)18-10-5-6-17-8(10)2/h5-7H,3-4,13H2,1-2H3,(H,14,15,16). The molecule has 96 valence electrons. The molecule has 0 fully saturated rings. The van der Waals surface area contributed by atoms with Crippen LogP contribution in [-0.4, -0.2) is 9.97 Å². The number of nitrogens with one attached hydrogen (secondary N) is 1. The van der Waals surface area contributed by atoms with E-state index in [1.54, 1.807) is 18.0 Å². The van der Waals surface area contributed by atoms with Crippen LogP contribution in [0.3, 0.4) is 0 Å². The van der Waals surface area contributed by atoms with Crippen molar-refractivity contribution in [1.82, 2.24) is 9.97 Å². The number of nitrogens with two attached hydrogens (primary N) is 1. The summed E-state index contributed by atoms with van der Waals surface area (Å²) in [5.74, 6) is 7.07. The lowest BCUT2D eigenvalue weighted by Gasteiger charge is -2.10. The van der Waals surface area contributed by atoms with E-state index in [9.17, 15) is 0 Å². The molecule has 0 spiro atoms. The average molecular weight is 264 g/mol. The van der Waals surface area contributed by atoms with Gasteiger partial charge in [0.15, 0.2) is 0 Å². The summed E-state index contributed by atoms with van der Waals surface area (Å²) in [6, 6.07) is 1.94. The van der Waals surface area contributed by atoms with Gasteiger partial charge in [0.1, 0.15) is 22.9 Å². The van der Waals surface area contributed by atoms with Gasteiger partial charge in [-0.3, -0.25) is 0 Å². The maximum Gasteiger partial charge on any atom is 0.147 e. The molecule has 0 atom stereocenters. The molecule has 3 N–H and O–H groups in total. The summed E-state index contributed by atoms with van der Waals surface area (Å²) in [6.45, 7) is 4.05. The van der Waals surface area contributed by atoms with Gasteiger partial charge in [0.05, 0.1) is 11.2 Å². The zero-order chi connectivity index (χ0) is 13.0. The largest absolute Gasteiger partial charge is 0.468 e. The summed E-state index contributed by atoms with van der Waals surface area (Å²) >= 11 is 1.58. The molecular weight excluding hydrogens is 248 g/mol. The van der Waals surface area contributed by atoms with Gasteiger partial charge in [-0.15, -0.1) is 0 Å². The fourth-order valence-corrected chi connectivity index (χ4v) is 2.61. The first-order chi connectivity index (χ1) is 8.76. The van der Waals surface area contributed by atoms with Gasteiger partial charge in [0, 0.05) is 5.56 Å². The maximum absolute atomic E-state index is 5.49. The monoisotopic (exact) mass is 264 g/mol. The van der Waals surface area contributed by atoms with Gasteiger partial charge in [-0.2, -0.15) is 0 Å². The number of furan rings is 1. The van der Waals surface area contributed by atoms with Crippen LogP contribution < -0.4 is 11.3 Å². The lowest BCUT2D eigenvalue weighted by molar-refractivity contribution is 0.527. The van der Waals surface area contributed by atoms with E-state index in [4.69, 9.17) is 10.3 Å². The van der Waals surface area contributed by atoms with Crippen molar-refractivity contribution in [3.05, 3.63) is 30.0 Å². The van der Waals surface area contributed by atoms with E-state index in [0.717, 1.165) is 34.1 Å². The number of hydrogen-bond donors (Lipinski definition) is 2. The van der Waals surface area contributed by atoms with Gasteiger partial charge in [0.2, 0.25) is 0 Å². The number of aromatic nitrogens is 2. The van der Waals surface area contributed by atoms with Gasteiger partial charge < -0.3 is 9.84 Å². The third-order valence-corrected chi connectivity index (χ3v) is 3.75. The highest BCUT2D eigenvalue weighted by Gasteiger charge is 2.13. The molecule has 5 nitrogen and oxygen atoms in total. The highest BCUT2D eigenvalue weighted by Crippen LogP contribution is 2.33. The smallest absolute Gasteiger partial charge is 0.147 e. The van der Waals surface area contributed by atoms with Gasteiger partial charge in [-0.1, -0.05) is 25.1 Å². The average Bonchev–Trinajstić information content (AvgIpc) is 2.77. The first kappa shape index (κ1) is 12.9. The number of aryl methyl sites for hydroxylation is 1. The predicted molar refractivity (Wildman–Crippen MR) is 71.4 cm³/mol. The van der Waals surface area contributed by atoms with Crippen LogP contribution in [0.5, 0.6) is 0 Å². The molecule has 0 amide bonds. The molecule has 0 aromatic carbocycles. The molecule has 0 radical (unpaired) electrons. The van der Waals surface area contributed by atoms with Crippen LogP contribution >= 0.6 is 11.8 Å². The third kappa shape index (κ3) is 2.65. The van der Waals surface area contributed by atoms with Crippen molar-refractivity contribution >= 4 is 17.6 Å². The Hall–Kier alpha value is -1.53. The molecule has 2 heterocycles. The van der Waals surface area contributed by atoms with Gasteiger partial charge in [-0.05, 0) is 19.4 Å². The van der Waals surface area contributed by atoms with Crippen molar-refractivity contribution in [2.24, 2.45) is 5.84 Å². The summed E-state index contributed by atoms with van der Waals surface area (Å²) < 4.78 is 5.29. The molecule has 0 aliphatic rings. The van der Waals surface area contributed by atoms with Crippen LogP contribution in [0.2, 0.25) is 0 Å². The van der Waals surface area contributed by atoms with Crippen LogP contribution in [0, 0.1) is 6.92 Å². The quantitative estimate of drug-likeness (QED) is 0.491. The summed E-state index contributed by atoms with van der Waals surface area (Å²) in [5.41, 5.74) is 3.68. The lowest BCUT2D eigenvalue weighted by atomic mass is 10.2. The highest BCUT2D eigenvalue weighted by atomic mass is 32.2. The maximum atomic E-state index is 5.49. The number of hydrazine groups is 1. The Kier molecular flexibility index (Phi) is 4.22. The highest BCUT2D eigenvalue weighted by molar-refractivity contribution is 7.99. The zero-order valence-electron chi connectivity index (χ0n) is 10.4. The van der Waals surface area contributed by atoms with E-state index < -0.39 is 0 Å². The Morgan fingerprint density at radius 1 is 1.44 bits per heavy atom. The van der Waals surface area contributed by atoms with Gasteiger partial charge in [0.25, 0.3) is 0 Å².